The van der Waals surface area contributed by atoms with Gasteiger partial charge in [0.1, 0.15) is 0 Å². The van der Waals surface area contributed by atoms with Crippen LogP contribution in [-0.4, -0.2) is 25.2 Å². The Bertz CT molecular complexity index is 772. The normalized spacial score (nSPS) is 9.96. The van der Waals surface area contributed by atoms with E-state index in [2.05, 4.69) is 20.5 Å². The number of hydrogen-bond donors (Lipinski definition) is 0. The van der Waals surface area contributed by atoms with Crippen molar-refractivity contribution in [2.45, 2.75) is 6.92 Å². The molecule has 0 atom stereocenters. The Kier molecular flexibility index (Phi) is 4.85. The fourth-order valence-electron chi connectivity index (χ4n) is 1.99. The van der Waals surface area contributed by atoms with E-state index in [0.29, 0.717) is 0 Å². The molecule has 0 aliphatic rings. The lowest BCUT2D eigenvalue weighted by Gasteiger charge is -2.03. The number of aryl methyl sites for hydroxylation is 1. The van der Waals surface area contributed by atoms with E-state index in [1.165, 1.54) is 0 Å². The van der Waals surface area contributed by atoms with Crippen LogP contribution in [-0.2, 0) is 0 Å². The minimum atomic E-state index is 0.747. The van der Waals surface area contributed by atoms with Crippen molar-refractivity contribution in [1.29, 1.82) is 0 Å². The molecule has 6 heteroatoms. The summed E-state index contributed by atoms with van der Waals surface area (Å²) < 4.78 is 1.73. The Balaban J connectivity index is 0.000000220. The highest BCUT2D eigenvalue weighted by molar-refractivity contribution is 7.09. The van der Waals surface area contributed by atoms with E-state index in [-0.39, 0.29) is 0 Å². The van der Waals surface area contributed by atoms with Gasteiger partial charge in [-0.05, 0) is 29.5 Å². The largest absolute Gasteiger partial charge is 0.250 e. The lowest BCUT2D eigenvalue weighted by molar-refractivity contribution is 0.791. The number of benzene rings is 2. The Morgan fingerprint density at radius 1 is 0.913 bits per heavy atom. The molecule has 0 N–H and O–H groups in total. The fourth-order valence-corrected chi connectivity index (χ4v) is 2.43. The monoisotopic (exact) mass is 321 g/mol. The van der Waals surface area contributed by atoms with Gasteiger partial charge >= 0.3 is 0 Å². The van der Waals surface area contributed by atoms with Crippen LogP contribution in [0.25, 0.3) is 17.1 Å². The number of hydrogen-bond acceptors (Lipinski definition) is 5. The molecule has 0 aliphatic heterocycles. The van der Waals surface area contributed by atoms with Crippen LogP contribution in [0.3, 0.4) is 0 Å². The Morgan fingerprint density at radius 2 is 1.61 bits per heavy atom. The predicted octanol–water partition coefficient (Wildman–Crippen LogP) is 3.78. The SMILES string of the molecule is Cc1nccs1.c1ccc(-c2nnnn2-c2ccccc2)cc1. The van der Waals surface area contributed by atoms with Crippen LogP contribution in [0.15, 0.2) is 72.2 Å². The third-order valence-corrected chi connectivity index (χ3v) is 3.76. The first-order chi connectivity index (χ1) is 11.3. The first kappa shape index (κ1) is 15.1. The Labute approximate surface area is 138 Å². The van der Waals surface area contributed by atoms with Crippen molar-refractivity contribution >= 4 is 11.3 Å². The first-order valence-electron chi connectivity index (χ1n) is 7.10. The second kappa shape index (κ2) is 7.42. The Hall–Kier alpha value is -2.86. The van der Waals surface area contributed by atoms with Crippen LogP contribution in [0.4, 0.5) is 0 Å². The summed E-state index contributed by atoms with van der Waals surface area (Å²) in [7, 11) is 0. The molecule has 2 heterocycles. The van der Waals surface area contributed by atoms with E-state index in [0.717, 1.165) is 22.1 Å². The molecule has 2 aromatic carbocycles. The van der Waals surface area contributed by atoms with Gasteiger partial charge in [-0.15, -0.1) is 16.4 Å². The molecule has 0 spiro atoms. The van der Waals surface area contributed by atoms with E-state index in [9.17, 15) is 0 Å². The molecule has 114 valence electrons. The molecule has 0 aliphatic carbocycles. The van der Waals surface area contributed by atoms with E-state index in [1.807, 2.05) is 73.0 Å². The minimum absolute atomic E-state index is 0.747. The molecule has 4 aromatic rings. The maximum Gasteiger partial charge on any atom is 0.187 e. The smallest absolute Gasteiger partial charge is 0.187 e. The average Bonchev–Trinajstić information content (AvgIpc) is 3.28. The summed E-state index contributed by atoms with van der Waals surface area (Å²) in [5, 5.41) is 14.9. The number of tetrazole rings is 1. The van der Waals surface area contributed by atoms with Gasteiger partial charge in [-0.3, -0.25) is 4.98 Å². The van der Waals surface area contributed by atoms with Crippen LogP contribution in [0.1, 0.15) is 5.01 Å². The second-order valence-corrected chi connectivity index (χ2v) is 5.77. The highest BCUT2D eigenvalue weighted by atomic mass is 32.1. The van der Waals surface area contributed by atoms with Gasteiger partial charge in [-0.1, -0.05) is 48.5 Å². The van der Waals surface area contributed by atoms with E-state index >= 15 is 0 Å². The predicted molar refractivity (Wildman–Crippen MR) is 91.4 cm³/mol. The Morgan fingerprint density at radius 3 is 2.17 bits per heavy atom. The topological polar surface area (TPSA) is 56.5 Å². The minimum Gasteiger partial charge on any atom is -0.250 e. The van der Waals surface area contributed by atoms with Crippen LogP contribution in [0.2, 0.25) is 0 Å². The third kappa shape index (κ3) is 3.87. The zero-order valence-corrected chi connectivity index (χ0v) is 13.4. The summed E-state index contributed by atoms with van der Waals surface area (Å²) >= 11 is 1.67. The average molecular weight is 321 g/mol. The molecule has 0 saturated carbocycles. The number of thiazole rings is 1. The fraction of sp³-hybridized carbons (Fsp3) is 0.0588. The standard InChI is InChI=1S/C13H10N4.C4H5NS/c1-3-7-11(8-4-1)13-14-15-16-17(13)12-9-5-2-6-10-12;1-4-5-2-3-6-4/h1-10H;2-3H,1H3. The number of rotatable bonds is 2. The second-order valence-electron chi connectivity index (χ2n) is 4.67. The van der Waals surface area contributed by atoms with Gasteiger partial charge in [-0.2, -0.15) is 4.68 Å². The van der Waals surface area contributed by atoms with Gasteiger partial charge in [0.25, 0.3) is 0 Å². The van der Waals surface area contributed by atoms with Gasteiger partial charge in [0.05, 0.1) is 10.7 Å². The molecule has 4 rings (SSSR count). The lowest BCUT2D eigenvalue weighted by atomic mass is 10.2. The van der Waals surface area contributed by atoms with Gasteiger partial charge in [0.15, 0.2) is 5.82 Å². The third-order valence-electron chi connectivity index (χ3n) is 3.06. The van der Waals surface area contributed by atoms with Crippen molar-refractivity contribution in [3.05, 3.63) is 77.2 Å². The summed E-state index contributed by atoms with van der Waals surface area (Å²) in [4.78, 5) is 3.94. The van der Waals surface area contributed by atoms with E-state index in [4.69, 9.17) is 0 Å². The van der Waals surface area contributed by atoms with Gasteiger partial charge in [-0.25, -0.2) is 0 Å². The molecule has 0 amide bonds. The lowest BCUT2D eigenvalue weighted by Crippen LogP contribution is -1.99. The summed E-state index contributed by atoms with van der Waals surface area (Å²) in [6.45, 7) is 1.99. The number of aromatic nitrogens is 5. The van der Waals surface area contributed by atoms with E-state index < -0.39 is 0 Å². The molecule has 0 unspecified atom stereocenters. The molecule has 23 heavy (non-hydrogen) atoms. The van der Waals surface area contributed by atoms with Crippen molar-refractivity contribution in [2.75, 3.05) is 0 Å². The van der Waals surface area contributed by atoms with Crippen molar-refractivity contribution in [3.63, 3.8) is 0 Å². The maximum absolute atomic E-state index is 4.06. The van der Waals surface area contributed by atoms with Gasteiger partial charge < -0.3 is 0 Å². The summed E-state index contributed by atoms with van der Waals surface area (Å²) in [5.41, 5.74) is 1.96. The maximum atomic E-state index is 4.06. The summed E-state index contributed by atoms with van der Waals surface area (Å²) in [5.74, 6) is 0.747. The number of para-hydroxylation sites is 1. The molecular weight excluding hydrogens is 306 g/mol. The van der Waals surface area contributed by atoms with Crippen molar-refractivity contribution in [3.8, 4) is 17.1 Å². The van der Waals surface area contributed by atoms with Gasteiger partial charge in [0.2, 0.25) is 0 Å². The molecule has 0 fully saturated rings. The quantitative estimate of drug-likeness (QED) is 0.564. The molecular formula is C17H15N5S. The summed E-state index contributed by atoms with van der Waals surface area (Å²) in [6, 6.07) is 19.7. The van der Waals surface area contributed by atoms with Crippen LogP contribution in [0.5, 0.6) is 0 Å². The molecule has 0 radical (unpaired) electrons. The molecule has 0 saturated heterocycles. The summed E-state index contributed by atoms with van der Waals surface area (Å²) in [6.07, 6.45) is 1.81. The van der Waals surface area contributed by atoms with Gasteiger partial charge in [0, 0.05) is 17.1 Å². The molecule has 0 bridgehead atoms. The number of nitrogens with zero attached hydrogens (tertiary/aromatic N) is 5. The van der Waals surface area contributed by atoms with Crippen molar-refractivity contribution in [2.24, 2.45) is 0 Å². The van der Waals surface area contributed by atoms with Crippen molar-refractivity contribution < 1.29 is 0 Å². The first-order valence-corrected chi connectivity index (χ1v) is 7.98. The van der Waals surface area contributed by atoms with Crippen LogP contribution in [0, 0.1) is 6.92 Å². The van der Waals surface area contributed by atoms with Crippen molar-refractivity contribution in [1.82, 2.24) is 25.2 Å². The van der Waals surface area contributed by atoms with E-state index in [1.54, 1.807) is 22.2 Å². The van der Waals surface area contributed by atoms with Crippen LogP contribution >= 0.6 is 11.3 Å². The zero-order chi connectivity index (χ0) is 15.9. The molecule has 2 aromatic heterocycles. The zero-order valence-electron chi connectivity index (χ0n) is 12.6. The van der Waals surface area contributed by atoms with Crippen LogP contribution < -0.4 is 0 Å². The molecule has 5 nitrogen and oxygen atoms in total. The highest BCUT2D eigenvalue weighted by Crippen LogP contribution is 2.18. The highest BCUT2D eigenvalue weighted by Gasteiger charge is 2.09.